The van der Waals surface area contributed by atoms with Crippen LogP contribution in [0.4, 0.5) is 0 Å². The Morgan fingerprint density at radius 2 is 2.11 bits per heavy atom. The maximum Gasteiger partial charge on any atom is 0.305 e. The number of nitrogens with zero attached hydrogens (tertiary/aromatic N) is 3. The quantitative estimate of drug-likeness (QED) is 0.805. The van der Waals surface area contributed by atoms with E-state index in [9.17, 15) is 9.59 Å². The van der Waals surface area contributed by atoms with Crippen molar-refractivity contribution in [2.75, 3.05) is 26.3 Å². The molecule has 1 aliphatic heterocycles. The van der Waals surface area contributed by atoms with Gasteiger partial charge >= 0.3 is 5.97 Å². The lowest BCUT2D eigenvalue weighted by molar-refractivity contribution is -0.137. The highest BCUT2D eigenvalue weighted by atomic mass is 16.5. The summed E-state index contributed by atoms with van der Waals surface area (Å²) in [6.45, 7) is 2.54. The van der Waals surface area contributed by atoms with E-state index in [4.69, 9.17) is 9.84 Å². The molecule has 1 aromatic heterocycles. The molecule has 0 radical (unpaired) electrons. The molecule has 0 saturated carbocycles. The number of aliphatic carboxylic acids is 1. The minimum absolute atomic E-state index is 0.00708. The SMILES string of the molecule is O=C(O)CCn1cc(C(=O)N2CCOCC2)cn1. The lowest BCUT2D eigenvalue weighted by atomic mass is 10.3. The minimum Gasteiger partial charge on any atom is -0.481 e. The number of ether oxygens (including phenoxy) is 1. The summed E-state index contributed by atoms with van der Waals surface area (Å²) in [6.07, 6.45) is 3.05. The molecule has 0 bridgehead atoms. The minimum atomic E-state index is -0.883. The number of morpholine rings is 1. The van der Waals surface area contributed by atoms with Crippen LogP contribution in [0.15, 0.2) is 12.4 Å². The maximum atomic E-state index is 12.1. The maximum absolute atomic E-state index is 12.1. The number of aryl methyl sites for hydroxylation is 1. The summed E-state index contributed by atoms with van der Waals surface area (Å²) < 4.78 is 6.65. The zero-order chi connectivity index (χ0) is 13.0. The van der Waals surface area contributed by atoms with Crippen molar-refractivity contribution in [2.45, 2.75) is 13.0 Å². The first-order valence-corrected chi connectivity index (χ1v) is 5.78. The fourth-order valence-electron chi connectivity index (χ4n) is 1.76. The van der Waals surface area contributed by atoms with E-state index in [0.29, 0.717) is 31.9 Å². The Morgan fingerprint density at radius 1 is 1.39 bits per heavy atom. The molecule has 7 heteroatoms. The van der Waals surface area contributed by atoms with Gasteiger partial charge in [-0.1, -0.05) is 0 Å². The van der Waals surface area contributed by atoms with E-state index < -0.39 is 5.97 Å². The molecule has 98 valence electrons. The molecule has 2 rings (SSSR count). The highest BCUT2D eigenvalue weighted by Crippen LogP contribution is 2.07. The van der Waals surface area contributed by atoms with Crippen LogP contribution in [-0.2, 0) is 16.1 Å². The van der Waals surface area contributed by atoms with Gasteiger partial charge in [0, 0.05) is 19.3 Å². The molecule has 0 aromatic carbocycles. The first kappa shape index (κ1) is 12.6. The van der Waals surface area contributed by atoms with E-state index in [1.165, 1.54) is 10.9 Å². The zero-order valence-corrected chi connectivity index (χ0v) is 9.91. The molecule has 2 heterocycles. The van der Waals surface area contributed by atoms with Crippen LogP contribution in [0.1, 0.15) is 16.8 Å². The number of carboxylic acids is 1. The van der Waals surface area contributed by atoms with Crippen molar-refractivity contribution in [2.24, 2.45) is 0 Å². The zero-order valence-electron chi connectivity index (χ0n) is 9.91. The van der Waals surface area contributed by atoms with Crippen LogP contribution in [0.25, 0.3) is 0 Å². The van der Waals surface area contributed by atoms with Gasteiger partial charge in [-0.25, -0.2) is 0 Å². The Morgan fingerprint density at radius 3 is 2.78 bits per heavy atom. The molecule has 1 aromatic rings. The van der Waals surface area contributed by atoms with E-state index in [1.807, 2.05) is 0 Å². The van der Waals surface area contributed by atoms with Gasteiger partial charge in [0.1, 0.15) is 0 Å². The lowest BCUT2D eigenvalue weighted by Crippen LogP contribution is -2.40. The molecule has 0 spiro atoms. The van der Waals surface area contributed by atoms with Crippen LogP contribution in [0.5, 0.6) is 0 Å². The highest BCUT2D eigenvalue weighted by Gasteiger charge is 2.19. The average Bonchev–Trinajstić information content (AvgIpc) is 2.85. The van der Waals surface area contributed by atoms with Gasteiger partial charge in [0.15, 0.2) is 0 Å². The molecule has 0 unspecified atom stereocenters. The number of hydrogen-bond donors (Lipinski definition) is 1. The second kappa shape index (κ2) is 5.63. The summed E-state index contributed by atoms with van der Waals surface area (Å²) in [7, 11) is 0. The molecule has 1 saturated heterocycles. The van der Waals surface area contributed by atoms with Gasteiger partial charge in [-0.15, -0.1) is 0 Å². The molecule has 7 nitrogen and oxygen atoms in total. The molecule has 1 aliphatic rings. The fourth-order valence-corrected chi connectivity index (χ4v) is 1.76. The van der Waals surface area contributed by atoms with E-state index >= 15 is 0 Å². The molecule has 0 aliphatic carbocycles. The summed E-state index contributed by atoms with van der Waals surface area (Å²) >= 11 is 0. The number of amides is 1. The summed E-state index contributed by atoms with van der Waals surface area (Å²) in [4.78, 5) is 24.2. The normalized spacial score (nSPS) is 15.7. The lowest BCUT2D eigenvalue weighted by Gasteiger charge is -2.26. The fraction of sp³-hybridized carbons (Fsp3) is 0.545. The van der Waals surface area contributed by atoms with Crippen molar-refractivity contribution >= 4 is 11.9 Å². The first-order chi connectivity index (χ1) is 8.66. The van der Waals surface area contributed by atoms with Crippen LogP contribution in [0, 0.1) is 0 Å². The number of carbonyl (C=O) groups excluding carboxylic acids is 1. The third-order valence-electron chi connectivity index (χ3n) is 2.73. The van der Waals surface area contributed by atoms with Crippen molar-refractivity contribution in [1.29, 1.82) is 0 Å². The third kappa shape index (κ3) is 3.07. The topological polar surface area (TPSA) is 84.7 Å². The Kier molecular flexibility index (Phi) is 3.93. The summed E-state index contributed by atoms with van der Waals surface area (Å²) in [5.74, 6) is -0.966. The van der Waals surface area contributed by atoms with Gasteiger partial charge in [0.2, 0.25) is 0 Å². The Bertz CT molecular complexity index is 437. The predicted molar refractivity (Wildman–Crippen MR) is 61.2 cm³/mol. The van der Waals surface area contributed by atoms with Gasteiger partial charge in [-0.3, -0.25) is 14.3 Å². The Labute approximate surface area is 104 Å². The van der Waals surface area contributed by atoms with Gasteiger partial charge < -0.3 is 14.7 Å². The van der Waals surface area contributed by atoms with E-state index in [1.54, 1.807) is 11.1 Å². The van der Waals surface area contributed by atoms with Crippen molar-refractivity contribution in [1.82, 2.24) is 14.7 Å². The smallest absolute Gasteiger partial charge is 0.305 e. The van der Waals surface area contributed by atoms with Gasteiger partial charge in [-0.2, -0.15) is 5.10 Å². The van der Waals surface area contributed by atoms with Crippen molar-refractivity contribution in [3.8, 4) is 0 Å². The molecular formula is C11H15N3O4. The van der Waals surface area contributed by atoms with Crippen LogP contribution in [0.3, 0.4) is 0 Å². The molecule has 0 atom stereocenters. The van der Waals surface area contributed by atoms with Gasteiger partial charge in [0.05, 0.1) is 37.9 Å². The monoisotopic (exact) mass is 253 g/mol. The van der Waals surface area contributed by atoms with Crippen LogP contribution < -0.4 is 0 Å². The van der Waals surface area contributed by atoms with Crippen molar-refractivity contribution < 1.29 is 19.4 Å². The summed E-state index contributed by atoms with van der Waals surface area (Å²) in [5, 5.41) is 12.5. The average molecular weight is 253 g/mol. The summed E-state index contributed by atoms with van der Waals surface area (Å²) in [6, 6.07) is 0. The molecule has 1 fully saturated rings. The van der Waals surface area contributed by atoms with Crippen molar-refractivity contribution in [3.05, 3.63) is 18.0 Å². The predicted octanol–water partition coefficient (Wildman–Crippen LogP) is -0.170. The first-order valence-electron chi connectivity index (χ1n) is 5.78. The van der Waals surface area contributed by atoms with Crippen LogP contribution in [-0.4, -0.2) is 58.0 Å². The van der Waals surface area contributed by atoms with E-state index in [0.717, 1.165) is 0 Å². The Hall–Kier alpha value is -1.89. The van der Waals surface area contributed by atoms with E-state index in [2.05, 4.69) is 5.10 Å². The third-order valence-corrected chi connectivity index (χ3v) is 2.73. The number of aromatic nitrogens is 2. The number of carboxylic acid groups (broad SMARTS) is 1. The number of hydrogen-bond acceptors (Lipinski definition) is 4. The molecule has 1 amide bonds. The largest absolute Gasteiger partial charge is 0.481 e. The molecule has 18 heavy (non-hydrogen) atoms. The molecule has 1 N–H and O–H groups in total. The summed E-state index contributed by atoms with van der Waals surface area (Å²) in [5.41, 5.74) is 0.488. The van der Waals surface area contributed by atoms with Crippen LogP contribution >= 0.6 is 0 Å². The number of carbonyl (C=O) groups is 2. The van der Waals surface area contributed by atoms with Crippen molar-refractivity contribution in [3.63, 3.8) is 0 Å². The second-order valence-corrected chi connectivity index (χ2v) is 4.04. The van der Waals surface area contributed by atoms with Crippen LogP contribution in [0.2, 0.25) is 0 Å². The van der Waals surface area contributed by atoms with Gasteiger partial charge in [-0.05, 0) is 0 Å². The Balaban J connectivity index is 1.95. The van der Waals surface area contributed by atoms with Gasteiger partial charge in [0.25, 0.3) is 5.91 Å². The highest BCUT2D eigenvalue weighted by molar-refractivity contribution is 5.93. The standard InChI is InChI=1S/C11H15N3O4/c15-10(16)1-2-14-8-9(7-12-14)11(17)13-3-5-18-6-4-13/h7-8H,1-6H2,(H,15,16). The second-order valence-electron chi connectivity index (χ2n) is 4.04. The van der Waals surface area contributed by atoms with E-state index in [-0.39, 0.29) is 18.9 Å². The molecular weight excluding hydrogens is 238 g/mol. The number of rotatable bonds is 4.